The van der Waals surface area contributed by atoms with Gasteiger partial charge in [0.1, 0.15) is 23.6 Å². The van der Waals surface area contributed by atoms with Gasteiger partial charge in [-0.25, -0.2) is 9.79 Å². The molecular formula is C35H45N3O7. The standard InChI is InChI=1S/C35H45N3O7/c1-24(2)18-31-33(40)36-28(23-39)20-26(34(41)38(3)22-27-16-17-29(43-4)21-32(27)44-5)14-10-7-11-15-30(45-35(42)37-31)19-25-12-8-6-9-13-25/h6-10,12-13,16-17,21,23-24,26,30-31H,11,14-15,18-20,22H2,1-5H3,(H,37,42)/b10-7+,36-28-/t26?,30?,31-/m0/s1. The molecule has 0 bridgehead atoms. The SMILES string of the molecule is COc1ccc(CN(C)C(=O)C2C/C=C/CCC(Cc3ccccc3)OC(=O)N[C@@H](CC(C)C)C(=O)/N=C(\C=O)C2)c(OC)c1. The first-order valence-corrected chi connectivity index (χ1v) is 15.3. The van der Waals surface area contributed by atoms with Crippen molar-refractivity contribution in [1.82, 2.24) is 10.2 Å². The third kappa shape index (κ3) is 11.2. The van der Waals surface area contributed by atoms with Crippen LogP contribution in [0.5, 0.6) is 11.5 Å². The Kier molecular flexibility index (Phi) is 13.8. The second-order valence-corrected chi connectivity index (χ2v) is 11.7. The minimum atomic E-state index is -0.979. The van der Waals surface area contributed by atoms with Gasteiger partial charge in [0.25, 0.3) is 5.91 Å². The molecule has 1 aliphatic rings. The molecule has 1 N–H and O–H groups in total. The molecule has 10 nitrogen and oxygen atoms in total. The quantitative estimate of drug-likeness (QED) is 0.282. The van der Waals surface area contributed by atoms with Crippen molar-refractivity contribution in [2.24, 2.45) is 16.8 Å². The Morgan fingerprint density at radius 1 is 1.11 bits per heavy atom. The Hall–Kier alpha value is -4.47. The Labute approximate surface area is 265 Å². The van der Waals surface area contributed by atoms with Gasteiger partial charge in [0.15, 0.2) is 6.29 Å². The molecule has 0 aliphatic carbocycles. The number of amides is 3. The van der Waals surface area contributed by atoms with Crippen molar-refractivity contribution in [3.05, 3.63) is 71.8 Å². The van der Waals surface area contributed by atoms with E-state index in [0.717, 1.165) is 11.1 Å². The summed E-state index contributed by atoms with van der Waals surface area (Å²) in [7, 11) is 4.81. The lowest BCUT2D eigenvalue weighted by atomic mass is 9.95. The number of nitrogens with zero attached hydrogens (tertiary/aromatic N) is 2. The van der Waals surface area contributed by atoms with Gasteiger partial charge < -0.3 is 24.4 Å². The van der Waals surface area contributed by atoms with Gasteiger partial charge in [0, 0.05) is 44.0 Å². The molecule has 0 fully saturated rings. The van der Waals surface area contributed by atoms with E-state index in [1.165, 1.54) is 0 Å². The molecular weight excluding hydrogens is 574 g/mol. The van der Waals surface area contributed by atoms with Gasteiger partial charge in [0.2, 0.25) is 5.91 Å². The van der Waals surface area contributed by atoms with E-state index in [0.29, 0.717) is 49.9 Å². The van der Waals surface area contributed by atoms with Crippen molar-refractivity contribution in [2.75, 3.05) is 21.3 Å². The molecule has 10 heteroatoms. The van der Waals surface area contributed by atoms with E-state index in [-0.39, 0.29) is 30.5 Å². The van der Waals surface area contributed by atoms with Crippen molar-refractivity contribution in [3.63, 3.8) is 0 Å². The van der Waals surface area contributed by atoms with E-state index < -0.39 is 30.1 Å². The number of benzene rings is 2. The predicted molar refractivity (Wildman–Crippen MR) is 172 cm³/mol. The Bertz CT molecular complexity index is 1360. The maximum Gasteiger partial charge on any atom is 0.408 e. The number of alkyl carbamates (subject to hydrolysis) is 1. The number of aldehydes is 1. The van der Waals surface area contributed by atoms with Crippen molar-refractivity contribution < 1.29 is 33.4 Å². The average Bonchev–Trinajstić information content (AvgIpc) is 3.02. The lowest BCUT2D eigenvalue weighted by Gasteiger charge is -2.24. The normalized spacial score (nSPS) is 21.6. The molecule has 2 aromatic carbocycles. The number of hydrogen-bond donors (Lipinski definition) is 1. The monoisotopic (exact) mass is 619 g/mol. The highest BCUT2D eigenvalue weighted by Gasteiger charge is 2.28. The maximum atomic E-state index is 13.8. The molecule has 1 aliphatic heterocycles. The molecule has 45 heavy (non-hydrogen) atoms. The summed E-state index contributed by atoms with van der Waals surface area (Å²) in [6.45, 7) is 4.11. The first-order chi connectivity index (χ1) is 21.6. The Morgan fingerprint density at radius 3 is 2.53 bits per heavy atom. The van der Waals surface area contributed by atoms with Crippen LogP contribution in [0.2, 0.25) is 0 Å². The highest BCUT2D eigenvalue weighted by Crippen LogP contribution is 2.26. The molecule has 1 heterocycles. The molecule has 3 atom stereocenters. The van der Waals surface area contributed by atoms with Crippen LogP contribution in [0.3, 0.4) is 0 Å². The number of aliphatic imine (C=N–C) groups is 1. The summed E-state index contributed by atoms with van der Waals surface area (Å²) >= 11 is 0. The van der Waals surface area contributed by atoms with E-state index in [9.17, 15) is 19.2 Å². The van der Waals surface area contributed by atoms with E-state index in [1.54, 1.807) is 38.3 Å². The molecule has 242 valence electrons. The zero-order valence-corrected chi connectivity index (χ0v) is 26.9. The topological polar surface area (TPSA) is 124 Å². The molecule has 2 aromatic rings. The van der Waals surface area contributed by atoms with Crippen LogP contribution in [0.4, 0.5) is 4.79 Å². The van der Waals surface area contributed by atoms with Gasteiger partial charge in [-0.3, -0.25) is 14.4 Å². The smallest absolute Gasteiger partial charge is 0.408 e. The highest BCUT2D eigenvalue weighted by molar-refractivity contribution is 6.31. The minimum absolute atomic E-state index is 0.0298. The number of carbonyl (C=O) groups is 4. The van der Waals surface area contributed by atoms with Crippen LogP contribution in [0.1, 0.15) is 57.1 Å². The summed E-state index contributed by atoms with van der Waals surface area (Å²) in [6, 6.07) is 14.1. The van der Waals surface area contributed by atoms with Gasteiger partial charge in [-0.1, -0.05) is 56.3 Å². The van der Waals surface area contributed by atoms with Crippen LogP contribution < -0.4 is 14.8 Å². The number of nitrogens with one attached hydrogen (secondary N) is 1. The average molecular weight is 620 g/mol. The predicted octanol–water partition coefficient (Wildman–Crippen LogP) is 5.33. The number of cyclic esters (lactones) is 1. The van der Waals surface area contributed by atoms with E-state index in [4.69, 9.17) is 14.2 Å². The Morgan fingerprint density at radius 2 is 1.87 bits per heavy atom. The fraction of sp³-hybridized carbons (Fsp3) is 0.457. The third-order valence-electron chi connectivity index (χ3n) is 7.59. The van der Waals surface area contributed by atoms with Gasteiger partial charge in [-0.05, 0) is 49.3 Å². The highest BCUT2D eigenvalue weighted by atomic mass is 16.6. The van der Waals surface area contributed by atoms with E-state index in [1.807, 2.05) is 62.4 Å². The molecule has 3 amide bonds. The van der Waals surface area contributed by atoms with Crippen LogP contribution in [0.25, 0.3) is 0 Å². The van der Waals surface area contributed by atoms with Crippen LogP contribution in [0, 0.1) is 11.8 Å². The van der Waals surface area contributed by atoms with Gasteiger partial charge in [-0.2, -0.15) is 0 Å². The number of carbonyl (C=O) groups excluding carboxylic acids is 4. The lowest BCUT2D eigenvalue weighted by molar-refractivity contribution is -0.134. The lowest BCUT2D eigenvalue weighted by Crippen LogP contribution is -2.43. The molecule has 0 saturated heterocycles. The number of methoxy groups -OCH3 is 2. The van der Waals surface area contributed by atoms with Gasteiger partial charge in [-0.15, -0.1) is 0 Å². The Balaban J connectivity index is 1.88. The molecule has 0 aromatic heterocycles. The van der Waals surface area contributed by atoms with Crippen LogP contribution in [0.15, 0.2) is 65.7 Å². The first-order valence-electron chi connectivity index (χ1n) is 15.3. The van der Waals surface area contributed by atoms with Crippen LogP contribution in [-0.4, -0.2) is 68.2 Å². The minimum Gasteiger partial charge on any atom is -0.497 e. The number of allylic oxidation sites excluding steroid dienone is 2. The summed E-state index contributed by atoms with van der Waals surface area (Å²) in [4.78, 5) is 57.8. The second-order valence-electron chi connectivity index (χ2n) is 11.7. The van der Waals surface area contributed by atoms with Gasteiger partial charge in [0.05, 0.1) is 19.9 Å². The molecule has 0 saturated carbocycles. The molecule has 0 spiro atoms. The zero-order valence-electron chi connectivity index (χ0n) is 26.9. The van der Waals surface area contributed by atoms with Crippen molar-refractivity contribution in [3.8, 4) is 11.5 Å². The van der Waals surface area contributed by atoms with Crippen LogP contribution >= 0.6 is 0 Å². The summed E-state index contributed by atoms with van der Waals surface area (Å²) < 4.78 is 16.6. The van der Waals surface area contributed by atoms with Gasteiger partial charge >= 0.3 is 6.09 Å². The first kappa shape index (κ1) is 35.0. The van der Waals surface area contributed by atoms with E-state index in [2.05, 4.69) is 10.3 Å². The maximum absolute atomic E-state index is 13.8. The van der Waals surface area contributed by atoms with Crippen molar-refractivity contribution in [2.45, 2.75) is 71.1 Å². The third-order valence-corrected chi connectivity index (χ3v) is 7.59. The molecule has 0 radical (unpaired) electrons. The second kappa shape index (κ2) is 17.7. The van der Waals surface area contributed by atoms with E-state index >= 15 is 0 Å². The fourth-order valence-corrected chi connectivity index (χ4v) is 5.25. The molecule has 2 unspecified atom stereocenters. The van der Waals surface area contributed by atoms with Crippen molar-refractivity contribution in [1.29, 1.82) is 0 Å². The molecule has 3 rings (SSSR count). The number of rotatable bonds is 10. The fourth-order valence-electron chi connectivity index (χ4n) is 5.25. The summed E-state index contributed by atoms with van der Waals surface area (Å²) in [6.07, 6.45) is 5.50. The number of ether oxygens (including phenoxy) is 3. The largest absolute Gasteiger partial charge is 0.497 e. The zero-order chi connectivity index (χ0) is 32.8. The summed E-state index contributed by atoms with van der Waals surface area (Å²) in [5, 5.41) is 2.68. The van der Waals surface area contributed by atoms with Crippen LogP contribution in [-0.2, 0) is 32.1 Å². The van der Waals surface area contributed by atoms with Crippen molar-refractivity contribution >= 4 is 29.9 Å². The number of hydrogen-bond acceptors (Lipinski definition) is 7. The summed E-state index contributed by atoms with van der Waals surface area (Å²) in [5.74, 6) is -0.236. The summed E-state index contributed by atoms with van der Waals surface area (Å²) in [5.41, 5.74) is 1.76.